The van der Waals surface area contributed by atoms with Gasteiger partial charge in [-0.2, -0.15) is 0 Å². The Morgan fingerprint density at radius 3 is 2.28 bits per heavy atom. The van der Waals surface area contributed by atoms with E-state index in [0.717, 1.165) is 31.5 Å². The maximum Gasteiger partial charge on any atom is 0.255 e. The smallest absolute Gasteiger partial charge is 0.255 e. The Morgan fingerprint density at radius 2 is 1.64 bits per heavy atom. The van der Waals surface area contributed by atoms with E-state index in [4.69, 9.17) is 0 Å². The summed E-state index contributed by atoms with van der Waals surface area (Å²) < 4.78 is 0. The first-order valence-corrected chi connectivity index (χ1v) is 8.83. The van der Waals surface area contributed by atoms with Gasteiger partial charge >= 0.3 is 0 Å². The second-order valence-electron chi connectivity index (χ2n) is 6.14. The zero-order valence-electron chi connectivity index (χ0n) is 15.2. The molecule has 2 aromatic carbocycles. The summed E-state index contributed by atoms with van der Waals surface area (Å²) in [6, 6.07) is 14.6. The van der Waals surface area contributed by atoms with Gasteiger partial charge in [0.1, 0.15) is 0 Å². The number of benzene rings is 2. The van der Waals surface area contributed by atoms with Gasteiger partial charge in [0.25, 0.3) is 11.8 Å². The molecule has 2 rings (SSSR count). The largest absolute Gasteiger partial charge is 0.339 e. The third-order valence-electron chi connectivity index (χ3n) is 4.03. The van der Waals surface area contributed by atoms with E-state index in [2.05, 4.69) is 19.2 Å². The summed E-state index contributed by atoms with van der Waals surface area (Å²) in [5.74, 6) is -0.155. The molecule has 2 amide bonds. The third kappa shape index (κ3) is 4.92. The fraction of sp³-hybridized carbons (Fsp3) is 0.333. The molecule has 0 bridgehead atoms. The standard InChI is InChI=1S/C21H26N2O2/c1-4-13-23(14-5-2)21(25)17-10-8-11-18(15-17)22-20(24)19-12-7-6-9-16(19)3/h6-12,15H,4-5,13-14H2,1-3H3,(H,22,24). The van der Waals surface area contributed by atoms with Crippen molar-refractivity contribution >= 4 is 17.5 Å². The molecule has 1 N–H and O–H groups in total. The lowest BCUT2D eigenvalue weighted by atomic mass is 10.1. The molecule has 4 nitrogen and oxygen atoms in total. The highest BCUT2D eigenvalue weighted by atomic mass is 16.2. The highest BCUT2D eigenvalue weighted by Crippen LogP contribution is 2.16. The number of rotatable bonds is 7. The van der Waals surface area contributed by atoms with Crippen molar-refractivity contribution in [2.45, 2.75) is 33.6 Å². The van der Waals surface area contributed by atoms with E-state index < -0.39 is 0 Å². The van der Waals surface area contributed by atoms with Gasteiger partial charge in [0.2, 0.25) is 0 Å². The van der Waals surface area contributed by atoms with Gasteiger partial charge in [0.15, 0.2) is 0 Å². The minimum absolute atomic E-state index is 0.00990. The maximum absolute atomic E-state index is 12.7. The molecule has 0 spiro atoms. The number of nitrogens with zero attached hydrogens (tertiary/aromatic N) is 1. The quantitative estimate of drug-likeness (QED) is 0.807. The zero-order chi connectivity index (χ0) is 18.2. The van der Waals surface area contributed by atoms with Gasteiger partial charge in [-0.3, -0.25) is 9.59 Å². The molecule has 0 aliphatic rings. The van der Waals surface area contributed by atoms with E-state index >= 15 is 0 Å². The van der Waals surface area contributed by atoms with Gasteiger partial charge in [-0.25, -0.2) is 0 Å². The summed E-state index contributed by atoms with van der Waals surface area (Å²) in [6.45, 7) is 7.52. The lowest BCUT2D eigenvalue weighted by Crippen LogP contribution is -2.32. The summed E-state index contributed by atoms with van der Waals surface area (Å²) in [4.78, 5) is 27.0. The van der Waals surface area contributed by atoms with Crippen LogP contribution in [0.1, 0.15) is 53.0 Å². The Kier molecular flexibility index (Phi) is 6.75. The number of hydrogen-bond donors (Lipinski definition) is 1. The Hall–Kier alpha value is -2.62. The van der Waals surface area contributed by atoms with Crippen LogP contribution in [0.25, 0.3) is 0 Å². The van der Waals surface area contributed by atoms with E-state index in [1.165, 1.54) is 0 Å². The zero-order valence-corrected chi connectivity index (χ0v) is 15.2. The number of carbonyl (C=O) groups excluding carboxylic acids is 2. The van der Waals surface area contributed by atoms with Crippen molar-refractivity contribution in [3.63, 3.8) is 0 Å². The molecule has 0 fully saturated rings. The van der Waals surface area contributed by atoms with E-state index in [1.54, 1.807) is 30.3 Å². The van der Waals surface area contributed by atoms with Gasteiger partial charge in [-0.1, -0.05) is 38.1 Å². The van der Waals surface area contributed by atoms with Crippen LogP contribution in [0.3, 0.4) is 0 Å². The van der Waals surface area contributed by atoms with E-state index in [9.17, 15) is 9.59 Å². The van der Waals surface area contributed by atoms with Gasteiger partial charge in [0, 0.05) is 29.9 Å². The van der Waals surface area contributed by atoms with Crippen LogP contribution in [0.2, 0.25) is 0 Å². The van der Waals surface area contributed by atoms with E-state index in [-0.39, 0.29) is 11.8 Å². The number of carbonyl (C=O) groups is 2. The predicted molar refractivity (Wildman–Crippen MR) is 102 cm³/mol. The molecule has 0 aromatic heterocycles. The molecule has 25 heavy (non-hydrogen) atoms. The van der Waals surface area contributed by atoms with Crippen LogP contribution in [0.5, 0.6) is 0 Å². The van der Waals surface area contributed by atoms with Crippen LogP contribution in [-0.2, 0) is 0 Å². The lowest BCUT2D eigenvalue weighted by Gasteiger charge is -2.21. The summed E-state index contributed by atoms with van der Waals surface area (Å²) in [6.07, 6.45) is 1.85. The van der Waals surface area contributed by atoms with Crippen molar-refractivity contribution in [3.8, 4) is 0 Å². The number of nitrogens with one attached hydrogen (secondary N) is 1. The normalized spacial score (nSPS) is 10.4. The van der Waals surface area contributed by atoms with E-state index in [0.29, 0.717) is 16.8 Å². The number of anilines is 1. The first-order valence-electron chi connectivity index (χ1n) is 8.83. The number of aryl methyl sites for hydroxylation is 1. The van der Waals surface area contributed by atoms with Crippen molar-refractivity contribution in [2.24, 2.45) is 0 Å². The average molecular weight is 338 g/mol. The molecule has 2 aromatic rings. The number of hydrogen-bond acceptors (Lipinski definition) is 2. The number of amides is 2. The highest BCUT2D eigenvalue weighted by molar-refractivity contribution is 6.06. The molecular weight excluding hydrogens is 312 g/mol. The van der Waals surface area contributed by atoms with Crippen LogP contribution in [-0.4, -0.2) is 29.8 Å². The van der Waals surface area contributed by atoms with Crippen molar-refractivity contribution in [1.82, 2.24) is 4.90 Å². The topological polar surface area (TPSA) is 49.4 Å². The Morgan fingerprint density at radius 1 is 0.960 bits per heavy atom. The molecule has 0 atom stereocenters. The van der Waals surface area contributed by atoms with Crippen LogP contribution in [0, 0.1) is 6.92 Å². The van der Waals surface area contributed by atoms with Gasteiger partial charge in [-0.15, -0.1) is 0 Å². The SMILES string of the molecule is CCCN(CCC)C(=O)c1cccc(NC(=O)c2ccccc2C)c1. The summed E-state index contributed by atoms with van der Waals surface area (Å²) >= 11 is 0. The first-order chi connectivity index (χ1) is 12.1. The second kappa shape index (κ2) is 9.02. The third-order valence-corrected chi connectivity index (χ3v) is 4.03. The molecular formula is C21H26N2O2. The molecule has 0 aliphatic heterocycles. The fourth-order valence-electron chi connectivity index (χ4n) is 2.79. The second-order valence-corrected chi connectivity index (χ2v) is 6.14. The van der Waals surface area contributed by atoms with Crippen molar-refractivity contribution in [1.29, 1.82) is 0 Å². The Balaban J connectivity index is 2.17. The summed E-state index contributed by atoms with van der Waals surface area (Å²) in [5.41, 5.74) is 2.79. The minimum Gasteiger partial charge on any atom is -0.339 e. The molecule has 0 heterocycles. The van der Waals surface area contributed by atoms with Crippen molar-refractivity contribution in [3.05, 3.63) is 65.2 Å². The highest BCUT2D eigenvalue weighted by Gasteiger charge is 2.15. The van der Waals surface area contributed by atoms with Crippen LogP contribution in [0.4, 0.5) is 5.69 Å². The molecule has 0 saturated carbocycles. The van der Waals surface area contributed by atoms with E-state index in [1.807, 2.05) is 30.0 Å². The van der Waals surface area contributed by atoms with Gasteiger partial charge in [-0.05, 0) is 49.6 Å². The minimum atomic E-state index is -0.165. The molecule has 0 saturated heterocycles. The molecule has 0 unspecified atom stereocenters. The van der Waals surface area contributed by atoms with Gasteiger partial charge < -0.3 is 10.2 Å². The maximum atomic E-state index is 12.7. The van der Waals surface area contributed by atoms with Crippen molar-refractivity contribution < 1.29 is 9.59 Å². The summed E-state index contributed by atoms with van der Waals surface area (Å²) in [7, 11) is 0. The monoisotopic (exact) mass is 338 g/mol. The van der Waals surface area contributed by atoms with Gasteiger partial charge in [0.05, 0.1) is 0 Å². The molecule has 0 aliphatic carbocycles. The molecule has 132 valence electrons. The fourth-order valence-corrected chi connectivity index (χ4v) is 2.79. The van der Waals surface area contributed by atoms with Crippen LogP contribution >= 0.6 is 0 Å². The van der Waals surface area contributed by atoms with Crippen LogP contribution < -0.4 is 5.32 Å². The summed E-state index contributed by atoms with van der Waals surface area (Å²) in [5, 5.41) is 2.89. The molecule has 0 radical (unpaired) electrons. The Labute approximate surface area is 149 Å². The van der Waals surface area contributed by atoms with Crippen molar-refractivity contribution in [2.75, 3.05) is 18.4 Å². The molecule has 4 heteroatoms. The lowest BCUT2D eigenvalue weighted by molar-refractivity contribution is 0.0755. The predicted octanol–water partition coefficient (Wildman–Crippen LogP) is 4.51. The first kappa shape index (κ1) is 18.7. The average Bonchev–Trinajstić information content (AvgIpc) is 2.61. The van der Waals surface area contributed by atoms with Crippen LogP contribution in [0.15, 0.2) is 48.5 Å². The Bertz CT molecular complexity index is 734.